The standard InChI is InChI=1S/C11H24N2O3S/c1-4-5-6-12(2)17(15,16)13(3)9-10-7-11(14)8-10/h10-11,14H,4-9H2,1-3H3. The molecule has 0 atom stereocenters. The number of nitrogens with zero attached hydrogens (tertiary/aromatic N) is 2. The van der Waals surface area contributed by atoms with E-state index in [4.69, 9.17) is 0 Å². The van der Waals surface area contributed by atoms with Crippen LogP contribution >= 0.6 is 0 Å². The van der Waals surface area contributed by atoms with Gasteiger partial charge >= 0.3 is 0 Å². The second-order valence-corrected chi connectivity index (χ2v) is 7.10. The maximum absolute atomic E-state index is 12.1. The van der Waals surface area contributed by atoms with Gasteiger partial charge in [-0.15, -0.1) is 0 Å². The number of hydrogen-bond donors (Lipinski definition) is 1. The largest absolute Gasteiger partial charge is 0.393 e. The average molecular weight is 264 g/mol. The van der Waals surface area contributed by atoms with Crippen LogP contribution in [0.15, 0.2) is 0 Å². The topological polar surface area (TPSA) is 60.9 Å². The summed E-state index contributed by atoms with van der Waals surface area (Å²) in [7, 11) is -0.0792. The smallest absolute Gasteiger partial charge is 0.281 e. The highest BCUT2D eigenvalue weighted by atomic mass is 32.2. The summed E-state index contributed by atoms with van der Waals surface area (Å²) in [4.78, 5) is 0. The number of aliphatic hydroxyl groups excluding tert-OH is 1. The van der Waals surface area contributed by atoms with Gasteiger partial charge in [0, 0.05) is 27.2 Å². The molecule has 0 saturated heterocycles. The van der Waals surface area contributed by atoms with Crippen LogP contribution in [0.5, 0.6) is 0 Å². The van der Waals surface area contributed by atoms with Gasteiger partial charge in [-0.25, -0.2) is 0 Å². The van der Waals surface area contributed by atoms with Gasteiger partial charge in [-0.2, -0.15) is 17.0 Å². The third kappa shape index (κ3) is 3.91. The molecule has 0 unspecified atom stereocenters. The van der Waals surface area contributed by atoms with Crippen LogP contribution in [-0.4, -0.2) is 55.4 Å². The fraction of sp³-hybridized carbons (Fsp3) is 1.00. The second-order valence-electron chi connectivity index (χ2n) is 4.95. The zero-order chi connectivity index (χ0) is 13.1. The minimum Gasteiger partial charge on any atom is -0.393 e. The lowest BCUT2D eigenvalue weighted by Crippen LogP contribution is -2.45. The third-order valence-corrected chi connectivity index (χ3v) is 5.25. The van der Waals surface area contributed by atoms with Crippen molar-refractivity contribution >= 4 is 10.2 Å². The van der Waals surface area contributed by atoms with Crippen LogP contribution < -0.4 is 0 Å². The van der Waals surface area contributed by atoms with Crippen LogP contribution in [-0.2, 0) is 10.2 Å². The summed E-state index contributed by atoms with van der Waals surface area (Å²) in [6.07, 6.45) is 3.08. The second kappa shape index (κ2) is 6.13. The molecule has 5 nitrogen and oxygen atoms in total. The first kappa shape index (κ1) is 14.9. The molecule has 17 heavy (non-hydrogen) atoms. The van der Waals surface area contributed by atoms with Gasteiger partial charge in [0.15, 0.2) is 0 Å². The van der Waals surface area contributed by atoms with Crippen molar-refractivity contribution in [2.75, 3.05) is 27.2 Å². The van der Waals surface area contributed by atoms with E-state index in [0.29, 0.717) is 19.0 Å². The molecule has 102 valence electrons. The van der Waals surface area contributed by atoms with Gasteiger partial charge in [-0.1, -0.05) is 13.3 Å². The van der Waals surface area contributed by atoms with Gasteiger partial charge in [-0.3, -0.25) is 0 Å². The van der Waals surface area contributed by atoms with Crippen LogP contribution in [0, 0.1) is 5.92 Å². The van der Waals surface area contributed by atoms with E-state index in [1.807, 2.05) is 6.92 Å². The van der Waals surface area contributed by atoms with E-state index in [2.05, 4.69) is 0 Å². The van der Waals surface area contributed by atoms with Crippen LogP contribution in [0.2, 0.25) is 0 Å². The SMILES string of the molecule is CCCCN(C)S(=O)(=O)N(C)CC1CC(O)C1. The van der Waals surface area contributed by atoms with E-state index in [0.717, 1.165) is 25.7 Å². The predicted octanol–water partition coefficient (Wildman–Crippen LogP) is 0.666. The summed E-state index contributed by atoms with van der Waals surface area (Å²) in [6, 6.07) is 0. The molecule has 0 bridgehead atoms. The molecule has 1 N–H and O–H groups in total. The molecule has 1 aliphatic carbocycles. The molecule has 0 aliphatic heterocycles. The Morgan fingerprint density at radius 3 is 2.29 bits per heavy atom. The van der Waals surface area contributed by atoms with Crippen LogP contribution in [0.4, 0.5) is 0 Å². The van der Waals surface area contributed by atoms with Crippen molar-refractivity contribution < 1.29 is 13.5 Å². The van der Waals surface area contributed by atoms with Crippen molar-refractivity contribution in [3.63, 3.8) is 0 Å². The first-order valence-corrected chi connectivity index (χ1v) is 7.63. The van der Waals surface area contributed by atoms with Crippen molar-refractivity contribution in [3.8, 4) is 0 Å². The molecule has 0 aromatic heterocycles. The molecule has 1 saturated carbocycles. The molecular weight excluding hydrogens is 240 g/mol. The number of aliphatic hydroxyl groups is 1. The quantitative estimate of drug-likeness (QED) is 0.735. The maximum Gasteiger partial charge on any atom is 0.281 e. The summed E-state index contributed by atoms with van der Waals surface area (Å²) in [5.74, 6) is 0.310. The molecule has 0 spiro atoms. The number of unbranched alkanes of at least 4 members (excludes halogenated alkanes) is 1. The molecular formula is C11H24N2O3S. The third-order valence-electron chi connectivity index (χ3n) is 3.34. The zero-order valence-electron chi connectivity index (χ0n) is 11.0. The van der Waals surface area contributed by atoms with Crippen LogP contribution in [0.3, 0.4) is 0 Å². The van der Waals surface area contributed by atoms with Gasteiger partial charge in [0.1, 0.15) is 0 Å². The summed E-state index contributed by atoms with van der Waals surface area (Å²) >= 11 is 0. The fourth-order valence-electron chi connectivity index (χ4n) is 2.04. The van der Waals surface area contributed by atoms with Crippen LogP contribution in [0.1, 0.15) is 32.6 Å². The Labute approximate surface area is 105 Å². The first-order chi connectivity index (χ1) is 7.87. The molecule has 1 fully saturated rings. The molecule has 0 heterocycles. The Bertz CT molecular complexity index is 326. The van der Waals surface area contributed by atoms with E-state index < -0.39 is 10.2 Å². The fourth-order valence-corrected chi connectivity index (χ4v) is 3.28. The number of hydrogen-bond acceptors (Lipinski definition) is 3. The van der Waals surface area contributed by atoms with E-state index >= 15 is 0 Å². The molecule has 0 aromatic rings. The highest BCUT2D eigenvalue weighted by Gasteiger charge is 2.32. The lowest BCUT2D eigenvalue weighted by molar-refractivity contribution is 0.0362. The van der Waals surface area contributed by atoms with E-state index in [1.165, 1.54) is 8.61 Å². The molecule has 1 aliphatic rings. The van der Waals surface area contributed by atoms with Gasteiger partial charge in [-0.05, 0) is 25.2 Å². The minimum absolute atomic E-state index is 0.228. The zero-order valence-corrected chi connectivity index (χ0v) is 11.8. The van der Waals surface area contributed by atoms with Crippen molar-refractivity contribution in [1.29, 1.82) is 0 Å². The number of rotatable bonds is 7. The molecule has 0 amide bonds. The molecule has 0 radical (unpaired) electrons. The highest BCUT2D eigenvalue weighted by molar-refractivity contribution is 7.86. The summed E-state index contributed by atoms with van der Waals surface area (Å²) < 4.78 is 27.0. The van der Waals surface area contributed by atoms with E-state index in [-0.39, 0.29) is 6.10 Å². The Balaban J connectivity index is 2.45. The lowest BCUT2D eigenvalue weighted by atomic mass is 9.82. The summed E-state index contributed by atoms with van der Waals surface area (Å²) in [6.45, 7) is 3.12. The average Bonchev–Trinajstić information content (AvgIpc) is 2.23. The van der Waals surface area contributed by atoms with Gasteiger partial charge < -0.3 is 5.11 Å². The molecule has 0 aromatic carbocycles. The first-order valence-electron chi connectivity index (χ1n) is 6.23. The molecule has 6 heteroatoms. The highest BCUT2D eigenvalue weighted by Crippen LogP contribution is 2.28. The van der Waals surface area contributed by atoms with Crippen molar-refractivity contribution in [3.05, 3.63) is 0 Å². The normalized spacial score (nSPS) is 25.3. The van der Waals surface area contributed by atoms with Crippen molar-refractivity contribution in [2.24, 2.45) is 5.92 Å². The lowest BCUT2D eigenvalue weighted by Gasteiger charge is -2.35. The van der Waals surface area contributed by atoms with Gasteiger partial charge in [0.2, 0.25) is 0 Å². The Kier molecular flexibility index (Phi) is 5.37. The predicted molar refractivity (Wildman–Crippen MR) is 67.8 cm³/mol. The minimum atomic E-state index is -3.31. The Morgan fingerprint density at radius 2 is 1.82 bits per heavy atom. The monoisotopic (exact) mass is 264 g/mol. The van der Waals surface area contributed by atoms with Crippen molar-refractivity contribution in [1.82, 2.24) is 8.61 Å². The maximum atomic E-state index is 12.1. The summed E-state index contributed by atoms with van der Waals surface area (Å²) in [5.41, 5.74) is 0. The van der Waals surface area contributed by atoms with E-state index in [1.54, 1.807) is 14.1 Å². The van der Waals surface area contributed by atoms with Crippen molar-refractivity contribution in [2.45, 2.75) is 38.7 Å². The van der Waals surface area contributed by atoms with Crippen LogP contribution in [0.25, 0.3) is 0 Å². The van der Waals surface area contributed by atoms with E-state index in [9.17, 15) is 13.5 Å². The molecule has 1 rings (SSSR count). The van der Waals surface area contributed by atoms with Gasteiger partial charge in [0.25, 0.3) is 10.2 Å². The van der Waals surface area contributed by atoms with Gasteiger partial charge in [0.05, 0.1) is 6.10 Å². The Morgan fingerprint density at radius 1 is 1.24 bits per heavy atom. The Hall–Kier alpha value is -0.170. The summed E-state index contributed by atoms with van der Waals surface area (Å²) in [5, 5.41) is 9.18.